The van der Waals surface area contributed by atoms with Crippen LogP contribution in [0, 0.1) is 6.92 Å². The van der Waals surface area contributed by atoms with Crippen molar-refractivity contribution >= 4 is 5.91 Å². The van der Waals surface area contributed by atoms with E-state index in [0.29, 0.717) is 6.42 Å². The van der Waals surface area contributed by atoms with Crippen molar-refractivity contribution in [1.82, 2.24) is 5.32 Å². The summed E-state index contributed by atoms with van der Waals surface area (Å²) in [5.74, 6) is 0.117. The SMILES string of the molecule is Cc1ccccc1CC(=O)N[C@H]1CCCc2ccccc21. The molecule has 3 rings (SSSR count). The molecule has 1 aliphatic carbocycles. The molecule has 2 heteroatoms. The van der Waals surface area contributed by atoms with Crippen molar-refractivity contribution < 1.29 is 4.79 Å². The molecule has 1 amide bonds. The topological polar surface area (TPSA) is 29.1 Å². The Morgan fingerprint density at radius 1 is 1.14 bits per heavy atom. The lowest BCUT2D eigenvalue weighted by Gasteiger charge is -2.26. The van der Waals surface area contributed by atoms with E-state index in [2.05, 4.69) is 42.6 Å². The van der Waals surface area contributed by atoms with Gasteiger partial charge in [-0.05, 0) is 48.4 Å². The van der Waals surface area contributed by atoms with Gasteiger partial charge in [0.1, 0.15) is 0 Å². The van der Waals surface area contributed by atoms with Gasteiger partial charge in [-0.1, -0.05) is 48.5 Å². The van der Waals surface area contributed by atoms with E-state index in [1.54, 1.807) is 0 Å². The normalized spacial score (nSPS) is 17.1. The number of nitrogens with one attached hydrogen (secondary N) is 1. The van der Waals surface area contributed by atoms with Crippen molar-refractivity contribution in [3.8, 4) is 0 Å². The van der Waals surface area contributed by atoms with Crippen LogP contribution in [0.4, 0.5) is 0 Å². The molecule has 0 unspecified atom stereocenters. The van der Waals surface area contributed by atoms with Crippen molar-refractivity contribution in [2.24, 2.45) is 0 Å². The molecule has 21 heavy (non-hydrogen) atoms. The number of carbonyl (C=O) groups excluding carboxylic acids is 1. The fourth-order valence-electron chi connectivity index (χ4n) is 3.13. The predicted octanol–water partition coefficient (Wildman–Crippen LogP) is 3.73. The number of aryl methyl sites for hydroxylation is 2. The molecule has 108 valence electrons. The van der Waals surface area contributed by atoms with Crippen LogP contribution in [0.15, 0.2) is 48.5 Å². The molecular weight excluding hydrogens is 258 g/mol. The molecule has 0 radical (unpaired) electrons. The van der Waals surface area contributed by atoms with Crippen LogP contribution < -0.4 is 5.32 Å². The van der Waals surface area contributed by atoms with Crippen LogP contribution in [0.5, 0.6) is 0 Å². The van der Waals surface area contributed by atoms with Crippen molar-refractivity contribution in [3.05, 3.63) is 70.8 Å². The van der Waals surface area contributed by atoms with Crippen molar-refractivity contribution in [3.63, 3.8) is 0 Å². The monoisotopic (exact) mass is 279 g/mol. The largest absolute Gasteiger partial charge is 0.349 e. The van der Waals surface area contributed by atoms with E-state index in [0.717, 1.165) is 24.8 Å². The molecule has 2 aromatic rings. The lowest BCUT2D eigenvalue weighted by molar-refractivity contribution is -0.121. The van der Waals surface area contributed by atoms with Gasteiger partial charge in [-0.2, -0.15) is 0 Å². The fourth-order valence-corrected chi connectivity index (χ4v) is 3.13. The second-order valence-corrected chi connectivity index (χ2v) is 5.81. The Morgan fingerprint density at radius 2 is 1.90 bits per heavy atom. The summed E-state index contributed by atoms with van der Waals surface area (Å²) in [6.07, 6.45) is 3.77. The Balaban J connectivity index is 1.70. The summed E-state index contributed by atoms with van der Waals surface area (Å²) in [7, 11) is 0. The third-order valence-electron chi connectivity index (χ3n) is 4.32. The molecule has 2 aromatic carbocycles. The zero-order valence-corrected chi connectivity index (χ0v) is 12.4. The Morgan fingerprint density at radius 3 is 2.76 bits per heavy atom. The molecule has 2 nitrogen and oxygen atoms in total. The number of benzene rings is 2. The Bertz CT molecular complexity index is 648. The van der Waals surface area contributed by atoms with Gasteiger partial charge in [-0.3, -0.25) is 4.79 Å². The Labute approximate surface area is 126 Å². The van der Waals surface area contributed by atoms with Gasteiger partial charge in [0.15, 0.2) is 0 Å². The second kappa shape index (κ2) is 6.13. The molecule has 0 bridgehead atoms. The highest BCUT2D eigenvalue weighted by Crippen LogP contribution is 2.29. The molecule has 1 atom stereocenters. The molecule has 1 N–H and O–H groups in total. The summed E-state index contributed by atoms with van der Waals surface area (Å²) >= 11 is 0. The van der Waals surface area contributed by atoms with Gasteiger partial charge in [0.05, 0.1) is 12.5 Å². The summed E-state index contributed by atoms with van der Waals surface area (Å²) < 4.78 is 0. The van der Waals surface area contributed by atoms with E-state index >= 15 is 0 Å². The van der Waals surface area contributed by atoms with E-state index in [9.17, 15) is 4.79 Å². The zero-order chi connectivity index (χ0) is 14.7. The van der Waals surface area contributed by atoms with Gasteiger partial charge < -0.3 is 5.32 Å². The highest BCUT2D eigenvalue weighted by atomic mass is 16.1. The summed E-state index contributed by atoms with van der Waals surface area (Å²) in [5.41, 5.74) is 4.96. The van der Waals surface area contributed by atoms with E-state index in [1.165, 1.54) is 16.7 Å². The van der Waals surface area contributed by atoms with Crippen LogP contribution in [0.1, 0.15) is 41.1 Å². The second-order valence-electron chi connectivity index (χ2n) is 5.81. The van der Waals surface area contributed by atoms with Gasteiger partial charge >= 0.3 is 0 Å². The van der Waals surface area contributed by atoms with Gasteiger partial charge in [0.25, 0.3) is 0 Å². The highest BCUT2D eigenvalue weighted by molar-refractivity contribution is 5.79. The first-order valence-corrected chi connectivity index (χ1v) is 7.66. The summed E-state index contributed by atoms with van der Waals surface area (Å²) in [6.45, 7) is 2.05. The maximum atomic E-state index is 12.3. The molecule has 0 aliphatic heterocycles. The molecule has 0 heterocycles. The molecular formula is C19H21NO. The Hall–Kier alpha value is -2.09. The van der Waals surface area contributed by atoms with E-state index in [-0.39, 0.29) is 11.9 Å². The molecule has 0 aromatic heterocycles. The van der Waals surface area contributed by atoms with Crippen LogP contribution in [-0.2, 0) is 17.6 Å². The van der Waals surface area contributed by atoms with Gasteiger partial charge in [0, 0.05) is 0 Å². The van der Waals surface area contributed by atoms with Crippen molar-refractivity contribution in [1.29, 1.82) is 0 Å². The van der Waals surface area contributed by atoms with Crippen molar-refractivity contribution in [2.45, 2.75) is 38.6 Å². The standard InChI is InChI=1S/C19H21NO/c1-14-7-2-3-9-16(14)13-19(21)20-18-12-6-10-15-8-4-5-11-17(15)18/h2-5,7-9,11,18H,6,10,12-13H2,1H3,(H,20,21)/t18-/m0/s1. The van der Waals surface area contributed by atoms with Gasteiger partial charge in [-0.25, -0.2) is 0 Å². The number of fused-ring (bicyclic) bond motifs is 1. The minimum absolute atomic E-state index is 0.117. The Kier molecular flexibility index (Phi) is 4.05. The molecule has 0 saturated heterocycles. The van der Waals surface area contributed by atoms with Gasteiger partial charge in [-0.15, -0.1) is 0 Å². The van der Waals surface area contributed by atoms with Crippen molar-refractivity contribution in [2.75, 3.05) is 0 Å². The lowest BCUT2D eigenvalue weighted by Crippen LogP contribution is -2.32. The van der Waals surface area contributed by atoms with Crippen LogP contribution in [0.2, 0.25) is 0 Å². The van der Waals surface area contributed by atoms with Crippen LogP contribution in [0.25, 0.3) is 0 Å². The van der Waals surface area contributed by atoms with Crippen LogP contribution in [0.3, 0.4) is 0 Å². The number of hydrogen-bond acceptors (Lipinski definition) is 1. The van der Waals surface area contributed by atoms with Crippen LogP contribution >= 0.6 is 0 Å². The summed E-state index contributed by atoms with van der Waals surface area (Å²) in [6, 6.07) is 16.7. The summed E-state index contributed by atoms with van der Waals surface area (Å²) in [4.78, 5) is 12.3. The molecule has 0 fully saturated rings. The van der Waals surface area contributed by atoms with Crippen LogP contribution in [-0.4, -0.2) is 5.91 Å². The minimum atomic E-state index is 0.117. The first-order valence-electron chi connectivity index (χ1n) is 7.66. The zero-order valence-electron chi connectivity index (χ0n) is 12.4. The summed E-state index contributed by atoms with van der Waals surface area (Å²) in [5, 5.41) is 3.21. The first kappa shape index (κ1) is 13.9. The first-order chi connectivity index (χ1) is 10.2. The third-order valence-corrected chi connectivity index (χ3v) is 4.32. The van der Waals surface area contributed by atoms with E-state index < -0.39 is 0 Å². The highest BCUT2D eigenvalue weighted by Gasteiger charge is 2.21. The average molecular weight is 279 g/mol. The lowest BCUT2D eigenvalue weighted by atomic mass is 9.87. The smallest absolute Gasteiger partial charge is 0.224 e. The average Bonchev–Trinajstić information content (AvgIpc) is 2.50. The quantitative estimate of drug-likeness (QED) is 0.911. The molecule has 1 aliphatic rings. The van der Waals surface area contributed by atoms with E-state index in [4.69, 9.17) is 0 Å². The number of amides is 1. The fraction of sp³-hybridized carbons (Fsp3) is 0.316. The predicted molar refractivity (Wildman–Crippen MR) is 85.1 cm³/mol. The number of carbonyl (C=O) groups is 1. The third kappa shape index (κ3) is 3.15. The number of rotatable bonds is 3. The van der Waals surface area contributed by atoms with Gasteiger partial charge in [0.2, 0.25) is 5.91 Å². The van der Waals surface area contributed by atoms with E-state index in [1.807, 2.05) is 18.2 Å². The minimum Gasteiger partial charge on any atom is -0.349 e. The maximum Gasteiger partial charge on any atom is 0.224 e. The number of hydrogen-bond donors (Lipinski definition) is 1. The molecule has 0 saturated carbocycles. The maximum absolute atomic E-state index is 12.3. The molecule has 0 spiro atoms.